The first-order valence-corrected chi connectivity index (χ1v) is 8.03. The molecular formula is C10H20O3Si. The largest absolute Gasteiger partial charge is 0.431 e. The van der Waals surface area contributed by atoms with Crippen molar-refractivity contribution in [1.82, 2.24) is 0 Å². The Morgan fingerprint density at radius 2 is 1.71 bits per heavy atom. The van der Waals surface area contributed by atoms with Crippen molar-refractivity contribution in [3.63, 3.8) is 0 Å². The highest BCUT2D eigenvalue weighted by Crippen LogP contribution is 2.19. The van der Waals surface area contributed by atoms with Crippen LogP contribution >= 0.6 is 0 Å². The van der Waals surface area contributed by atoms with Crippen molar-refractivity contribution in [3.05, 3.63) is 12.2 Å². The first-order valence-electron chi connectivity index (χ1n) is 4.62. The molecule has 82 valence electrons. The molecule has 0 saturated heterocycles. The number of hydrogen-bond donors (Lipinski definition) is 0. The van der Waals surface area contributed by atoms with Gasteiger partial charge in [-0.2, -0.15) is 0 Å². The lowest BCUT2D eigenvalue weighted by atomic mass is 10.3. The van der Waals surface area contributed by atoms with E-state index in [1.165, 1.54) is 0 Å². The van der Waals surface area contributed by atoms with Crippen LogP contribution in [-0.2, 0) is 14.0 Å². The maximum atomic E-state index is 11.3. The van der Waals surface area contributed by atoms with Gasteiger partial charge in [0.15, 0.2) is 14.1 Å². The third-order valence-electron chi connectivity index (χ3n) is 1.24. The highest BCUT2D eigenvalue weighted by atomic mass is 28.4. The zero-order valence-corrected chi connectivity index (χ0v) is 10.9. The van der Waals surface area contributed by atoms with Crippen LogP contribution in [0, 0.1) is 0 Å². The number of esters is 1. The molecule has 0 aromatic carbocycles. The topological polar surface area (TPSA) is 35.5 Å². The Morgan fingerprint density at radius 3 is 2.00 bits per heavy atom. The number of carbonyl (C=O) groups excluding carboxylic acids is 1. The summed E-state index contributed by atoms with van der Waals surface area (Å²) in [5, 5.41) is 0. The van der Waals surface area contributed by atoms with E-state index in [4.69, 9.17) is 9.16 Å². The summed E-state index contributed by atoms with van der Waals surface area (Å²) in [5.74, 6) is -1.27. The van der Waals surface area contributed by atoms with Gasteiger partial charge >= 0.3 is 5.97 Å². The van der Waals surface area contributed by atoms with E-state index in [1.807, 2.05) is 19.6 Å². The molecule has 0 heterocycles. The molecule has 0 aliphatic heterocycles. The lowest BCUT2D eigenvalue weighted by molar-refractivity contribution is -0.183. The van der Waals surface area contributed by atoms with Gasteiger partial charge in [-0.15, -0.1) is 0 Å². The third-order valence-corrected chi connectivity index (χ3v) is 2.34. The van der Waals surface area contributed by atoms with Crippen LogP contribution in [0.3, 0.4) is 0 Å². The molecule has 0 fully saturated rings. The fourth-order valence-electron chi connectivity index (χ4n) is 1.07. The van der Waals surface area contributed by atoms with Crippen LogP contribution in [0.2, 0.25) is 19.6 Å². The maximum absolute atomic E-state index is 11.3. The minimum absolute atomic E-state index is 0.386. The Kier molecular flexibility index (Phi) is 4.09. The standard InChI is InChI=1S/C10H20O3Si/c1-8(2)9(11)12-10(3,4)13-14(5,6)7/h1H2,2-7H3. The van der Waals surface area contributed by atoms with Crippen LogP contribution in [0.5, 0.6) is 0 Å². The molecule has 0 saturated carbocycles. The fourth-order valence-corrected chi connectivity index (χ4v) is 2.58. The lowest BCUT2D eigenvalue weighted by Gasteiger charge is -2.32. The normalized spacial score (nSPS) is 12.4. The minimum Gasteiger partial charge on any atom is -0.431 e. The first-order chi connectivity index (χ1) is 6.03. The van der Waals surface area contributed by atoms with Crippen molar-refractivity contribution in [3.8, 4) is 0 Å². The summed E-state index contributed by atoms with van der Waals surface area (Å²) < 4.78 is 10.9. The zero-order valence-electron chi connectivity index (χ0n) is 9.93. The average Bonchev–Trinajstić information content (AvgIpc) is 1.78. The van der Waals surface area contributed by atoms with E-state index in [9.17, 15) is 4.79 Å². The Labute approximate surface area is 87.2 Å². The molecule has 0 rings (SSSR count). The molecule has 0 aromatic heterocycles. The van der Waals surface area contributed by atoms with Gasteiger partial charge in [0.1, 0.15) is 0 Å². The van der Waals surface area contributed by atoms with Gasteiger partial charge in [-0.05, 0) is 26.6 Å². The molecule has 0 bridgehead atoms. The van der Waals surface area contributed by atoms with Crippen molar-refractivity contribution >= 4 is 14.3 Å². The Balaban J connectivity index is 4.35. The summed E-state index contributed by atoms with van der Waals surface area (Å²) in [6, 6.07) is 0. The van der Waals surface area contributed by atoms with Crippen LogP contribution in [0.25, 0.3) is 0 Å². The van der Waals surface area contributed by atoms with E-state index < -0.39 is 20.1 Å². The summed E-state index contributed by atoms with van der Waals surface area (Å²) in [4.78, 5) is 11.3. The summed E-state index contributed by atoms with van der Waals surface area (Å²) in [6.45, 7) is 14.8. The van der Waals surface area contributed by atoms with Crippen molar-refractivity contribution in [2.45, 2.75) is 46.2 Å². The van der Waals surface area contributed by atoms with E-state index in [2.05, 4.69) is 6.58 Å². The number of ether oxygens (including phenoxy) is 1. The first kappa shape index (κ1) is 13.4. The van der Waals surface area contributed by atoms with E-state index in [-0.39, 0.29) is 0 Å². The highest BCUT2D eigenvalue weighted by molar-refractivity contribution is 6.69. The van der Waals surface area contributed by atoms with Gasteiger partial charge in [0.2, 0.25) is 0 Å². The predicted octanol–water partition coefficient (Wildman–Crippen LogP) is 2.69. The summed E-state index contributed by atoms with van der Waals surface area (Å²) in [6.07, 6.45) is 0. The third kappa shape index (κ3) is 5.94. The molecule has 0 radical (unpaired) electrons. The second-order valence-electron chi connectivity index (χ2n) is 4.78. The van der Waals surface area contributed by atoms with E-state index >= 15 is 0 Å². The Bertz CT molecular complexity index is 238. The van der Waals surface area contributed by atoms with Crippen molar-refractivity contribution in [2.75, 3.05) is 0 Å². The van der Waals surface area contributed by atoms with Gasteiger partial charge in [0.25, 0.3) is 0 Å². The van der Waals surface area contributed by atoms with Crippen LogP contribution < -0.4 is 0 Å². The van der Waals surface area contributed by atoms with Gasteiger partial charge in [0.05, 0.1) is 0 Å². The molecule has 4 heteroatoms. The zero-order chi connectivity index (χ0) is 11.6. The van der Waals surface area contributed by atoms with Gasteiger partial charge in [-0.1, -0.05) is 6.58 Å². The molecule has 14 heavy (non-hydrogen) atoms. The second-order valence-corrected chi connectivity index (χ2v) is 9.21. The molecule has 0 aliphatic carbocycles. The summed E-state index contributed by atoms with van der Waals surface area (Å²) >= 11 is 0. The number of rotatable bonds is 4. The molecule has 0 aromatic rings. The average molecular weight is 216 g/mol. The fraction of sp³-hybridized carbons (Fsp3) is 0.700. The number of hydrogen-bond acceptors (Lipinski definition) is 3. The molecule has 3 nitrogen and oxygen atoms in total. The lowest BCUT2D eigenvalue weighted by Crippen LogP contribution is -2.41. The second kappa shape index (κ2) is 4.27. The van der Waals surface area contributed by atoms with Gasteiger partial charge in [0, 0.05) is 19.4 Å². The van der Waals surface area contributed by atoms with Crippen molar-refractivity contribution in [1.29, 1.82) is 0 Å². The molecule has 0 atom stereocenters. The van der Waals surface area contributed by atoms with Crippen molar-refractivity contribution < 1.29 is 14.0 Å². The monoisotopic (exact) mass is 216 g/mol. The number of carbonyl (C=O) groups is 1. The van der Waals surface area contributed by atoms with Crippen LogP contribution in [0.1, 0.15) is 20.8 Å². The van der Waals surface area contributed by atoms with Gasteiger partial charge < -0.3 is 9.16 Å². The quantitative estimate of drug-likeness (QED) is 0.314. The van der Waals surface area contributed by atoms with Gasteiger partial charge in [-0.3, -0.25) is 0 Å². The molecular weight excluding hydrogens is 196 g/mol. The van der Waals surface area contributed by atoms with Gasteiger partial charge in [-0.25, -0.2) is 4.79 Å². The minimum atomic E-state index is -1.70. The molecule has 0 amide bonds. The molecule has 0 N–H and O–H groups in total. The molecule has 0 unspecified atom stereocenters. The molecule has 0 aliphatic rings. The van der Waals surface area contributed by atoms with Crippen molar-refractivity contribution in [2.24, 2.45) is 0 Å². The molecule has 0 spiro atoms. The van der Waals surface area contributed by atoms with Crippen LogP contribution in [0.15, 0.2) is 12.2 Å². The van der Waals surface area contributed by atoms with E-state index in [0.717, 1.165) is 0 Å². The summed E-state index contributed by atoms with van der Waals surface area (Å²) in [7, 11) is -1.70. The van der Waals surface area contributed by atoms with Crippen LogP contribution in [0.4, 0.5) is 0 Å². The maximum Gasteiger partial charge on any atom is 0.335 e. The SMILES string of the molecule is C=C(C)C(=O)OC(C)(C)O[Si](C)(C)C. The van der Waals surface area contributed by atoms with E-state index in [1.54, 1.807) is 20.8 Å². The van der Waals surface area contributed by atoms with Crippen LogP contribution in [-0.4, -0.2) is 20.1 Å². The smallest absolute Gasteiger partial charge is 0.335 e. The predicted molar refractivity (Wildman–Crippen MR) is 59.4 cm³/mol. The summed E-state index contributed by atoms with van der Waals surface area (Å²) in [5.41, 5.74) is 0.386. The Hall–Kier alpha value is -0.613. The van der Waals surface area contributed by atoms with E-state index in [0.29, 0.717) is 5.57 Å². The highest BCUT2D eigenvalue weighted by Gasteiger charge is 2.30. The Morgan fingerprint density at radius 1 is 1.29 bits per heavy atom.